The normalized spacial score (nSPS) is 25.4. The molecule has 1 heterocycles. The Bertz CT molecular complexity index is 313. The lowest BCUT2D eigenvalue weighted by atomic mass is 9.99. The highest BCUT2D eigenvalue weighted by atomic mass is 16.2. The molecule has 0 aromatic carbocycles. The van der Waals surface area contributed by atoms with E-state index in [-0.39, 0.29) is 6.04 Å². The molecule has 1 saturated heterocycles. The fraction of sp³-hybridized carbons (Fsp3) is 0.938. The maximum Gasteiger partial charge on any atom is 0.239 e. The first kappa shape index (κ1) is 15.8. The molecule has 20 heavy (non-hydrogen) atoms. The molecule has 0 aromatic heterocycles. The largest absolute Gasteiger partial charge is 0.342 e. The monoisotopic (exact) mass is 281 g/mol. The lowest BCUT2D eigenvalue weighted by Crippen LogP contribution is -2.55. The second-order valence-corrected chi connectivity index (χ2v) is 6.26. The summed E-state index contributed by atoms with van der Waals surface area (Å²) in [6, 6.07) is 1.33. The van der Waals surface area contributed by atoms with Gasteiger partial charge in [0.25, 0.3) is 0 Å². The summed E-state index contributed by atoms with van der Waals surface area (Å²) in [6.45, 7) is 9.99. The first-order chi connectivity index (χ1) is 9.67. The number of carbonyl (C=O) groups is 1. The SMILES string of the molecule is CCN(CC)C(=O)C(C)N1CCCCC1CNC1CC1. The Morgan fingerprint density at radius 1 is 1.25 bits per heavy atom. The first-order valence-corrected chi connectivity index (χ1v) is 8.45. The summed E-state index contributed by atoms with van der Waals surface area (Å²) in [7, 11) is 0. The predicted octanol–water partition coefficient (Wildman–Crippen LogP) is 1.85. The third-order valence-electron chi connectivity index (χ3n) is 4.82. The number of hydrogen-bond donors (Lipinski definition) is 1. The van der Waals surface area contributed by atoms with Crippen LogP contribution in [0.25, 0.3) is 0 Å². The van der Waals surface area contributed by atoms with E-state index >= 15 is 0 Å². The smallest absolute Gasteiger partial charge is 0.239 e. The van der Waals surface area contributed by atoms with Gasteiger partial charge < -0.3 is 10.2 Å². The van der Waals surface area contributed by atoms with Crippen LogP contribution >= 0.6 is 0 Å². The lowest BCUT2D eigenvalue weighted by Gasteiger charge is -2.40. The van der Waals surface area contributed by atoms with Gasteiger partial charge in [-0.15, -0.1) is 0 Å². The van der Waals surface area contributed by atoms with Crippen LogP contribution in [0.4, 0.5) is 0 Å². The molecule has 2 rings (SSSR count). The summed E-state index contributed by atoms with van der Waals surface area (Å²) in [6.07, 6.45) is 6.44. The molecule has 2 aliphatic rings. The van der Waals surface area contributed by atoms with Crippen LogP contribution in [0.2, 0.25) is 0 Å². The van der Waals surface area contributed by atoms with E-state index in [9.17, 15) is 4.79 Å². The summed E-state index contributed by atoms with van der Waals surface area (Å²) in [5, 5.41) is 3.64. The predicted molar refractivity (Wildman–Crippen MR) is 82.8 cm³/mol. The second kappa shape index (κ2) is 7.41. The van der Waals surface area contributed by atoms with Gasteiger partial charge in [0, 0.05) is 31.7 Å². The molecule has 116 valence electrons. The second-order valence-electron chi connectivity index (χ2n) is 6.26. The Labute approximate surface area is 123 Å². The molecular formula is C16H31N3O. The average Bonchev–Trinajstić information content (AvgIpc) is 3.30. The quantitative estimate of drug-likeness (QED) is 0.773. The van der Waals surface area contributed by atoms with E-state index < -0.39 is 0 Å². The number of carbonyl (C=O) groups excluding carboxylic acids is 1. The number of nitrogens with one attached hydrogen (secondary N) is 1. The van der Waals surface area contributed by atoms with Crippen molar-refractivity contribution < 1.29 is 4.79 Å². The Kier molecular flexibility index (Phi) is 5.85. The van der Waals surface area contributed by atoms with Gasteiger partial charge >= 0.3 is 0 Å². The zero-order valence-corrected chi connectivity index (χ0v) is 13.4. The minimum atomic E-state index is 0.0289. The number of rotatable bonds is 7. The van der Waals surface area contributed by atoms with Crippen LogP contribution in [0.3, 0.4) is 0 Å². The van der Waals surface area contributed by atoms with Crippen molar-refractivity contribution in [1.82, 2.24) is 15.1 Å². The van der Waals surface area contributed by atoms with Gasteiger partial charge in [-0.05, 0) is 53.0 Å². The number of hydrogen-bond acceptors (Lipinski definition) is 3. The molecule has 0 radical (unpaired) electrons. The summed E-state index contributed by atoms with van der Waals surface area (Å²) >= 11 is 0. The van der Waals surface area contributed by atoms with E-state index in [1.165, 1.54) is 32.1 Å². The highest BCUT2D eigenvalue weighted by Gasteiger charge is 2.32. The van der Waals surface area contributed by atoms with Gasteiger partial charge in [-0.3, -0.25) is 9.69 Å². The number of nitrogens with zero attached hydrogens (tertiary/aromatic N) is 2. The van der Waals surface area contributed by atoms with Crippen molar-refractivity contribution in [1.29, 1.82) is 0 Å². The van der Waals surface area contributed by atoms with Crippen LogP contribution < -0.4 is 5.32 Å². The fourth-order valence-electron chi connectivity index (χ4n) is 3.28. The van der Waals surface area contributed by atoms with Crippen LogP contribution in [0.1, 0.15) is 52.9 Å². The van der Waals surface area contributed by atoms with E-state index in [2.05, 4.69) is 31.0 Å². The van der Waals surface area contributed by atoms with E-state index in [0.29, 0.717) is 11.9 Å². The van der Waals surface area contributed by atoms with Crippen molar-refractivity contribution in [2.45, 2.75) is 71.0 Å². The molecule has 1 aliphatic carbocycles. The van der Waals surface area contributed by atoms with Crippen LogP contribution in [-0.2, 0) is 4.79 Å². The van der Waals surface area contributed by atoms with E-state index in [1.807, 2.05) is 4.90 Å². The topological polar surface area (TPSA) is 35.6 Å². The third-order valence-corrected chi connectivity index (χ3v) is 4.82. The van der Waals surface area contributed by atoms with Gasteiger partial charge in [0.2, 0.25) is 5.91 Å². The molecule has 4 heteroatoms. The minimum Gasteiger partial charge on any atom is -0.342 e. The Morgan fingerprint density at radius 2 is 1.95 bits per heavy atom. The van der Waals surface area contributed by atoms with Gasteiger partial charge in [0.05, 0.1) is 6.04 Å². The molecule has 0 spiro atoms. The van der Waals surface area contributed by atoms with Gasteiger partial charge in [-0.25, -0.2) is 0 Å². The van der Waals surface area contributed by atoms with Crippen molar-refractivity contribution in [3.05, 3.63) is 0 Å². The van der Waals surface area contributed by atoms with Crippen LogP contribution in [0.15, 0.2) is 0 Å². The highest BCUT2D eigenvalue weighted by Crippen LogP contribution is 2.23. The molecule has 1 aliphatic heterocycles. The maximum absolute atomic E-state index is 12.6. The fourth-order valence-corrected chi connectivity index (χ4v) is 3.28. The van der Waals surface area contributed by atoms with E-state index in [1.54, 1.807) is 0 Å². The molecule has 0 bridgehead atoms. The van der Waals surface area contributed by atoms with Gasteiger partial charge in [-0.1, -0.05) is 6.42 Å². The zero-order valence-electron chi connectivity index (χ0n) is 13.4. The number of amides is 1. The van der Waals surface area contributed by atoms with Crippen LogP contribution in [-0.4, -0.2) is 60.0 Å². The summed E-state index contributed by atoms with van der Waals surface area (Å²) in [4.78, 5) is 17.0. The maximum atomic E-state index is 12.6. The van der Waals surface area contributed by atoms with Crippen molar-refractivity contribution in [2.75, 3.05) is 26.2 Å². The zero-order chi connectivity index (χ0) is 14.5. The minimum absolute atomic E-state index is 0.0289. The molecular weight excluding hydrogens is 250 g/mol. The standard InChI is InChI=1S/C16H31N3O/c1-4-18(5-2)16(20)13(3)19-11-7-6-8-15(19)12-17-14-9-10-14/h13-15,17H,4-12H2,1-3H3. The molecule has 2 atom stereocenters. The van der Waals surface area contributed by atoms with Crippen molar-refractivity contribution in [3.63, 3.8) is 0 Å². The Morgan fingerprint density at radius 3 is 2.55 bits per heavy atom. The van der Waals surface area contributed by atoms with E-state index in [4.69, 9.17) is 0 Å². The molecule has 1 saturated carbocycles. The number of likely N-dealkylation sites (N-methyl/N-ethyl adjacent to an activating group) is 1. The van der Waals surface area contributed by atoms with Crippen molar-refractivity contribution in [2.24, 2.45) is 0 Å². The van der Waals surface area contributed by atoms with Gasteiger partial charge in [-0.2, -0.15) is 0 Å². The van der Waals surface area contributed by atoms with E-state index in [0.717, 1.165) is 32.2 Å². The average molecular weight is 281 g/mol. The van der Waals surface area contributed by atoms with Gasteiger partial charge in [0.1, 0.15) is 0 Å². The first-order valence-electron chi connectivity index (χ1n) is 8.45. The highest BCUT2D eigenvalue weighted by molar-refractivity contribution is 5.81. The Balaban J connectivity index is 1.92. The number of likely N-dealkylation sites (tertiary alicyclic amines) is 1. The summed E-state index contributed by atoms with van der Waals surface area (Å²) in [5.74, 6) is 0.299. The Hall–Kier alpha value is -0.610. The molecule has 1 N–H and O–H groups in total. The molecule has 2 unspecified atom stereocenters. The molecule has 1 amide bonds. The van der Waals surface area contributed by atoms with Crippen LogP contribution in [0.5, 0.6) is 0 Å². The molecule has 0 aromatic rings. The van der Waals surface area contributed by atoms with Gasteiger partial charge in [0.15, 0.2) is 0 Å². The summed E-state index contributed by atoms with van der Waals surface area (Å²) in [5.41, 5.74) is 0. The lowest BCUT2D eigenvalue weighted by molar-refractivity contribution is -0.137. The third kappa shape index (κ3) is 3.95. The van der Waals surface area contributed by atoms with Crippen molar-refractivity contribution in [3.8, 4) is 0 Å². The number of piperidine rings is 1. The molecule has 2 fully saturated rings. The summed E-state index contributed by atoms with van der Waals surface area (Å²) < 4.78 is 0. The van der Waals surface area contributed by atoms with Crippen molar-refractivity contribution >= 4 is 5.91 Å². The van der Waals surface area contributed by atoms with Crippen LogP contribution in [0, 0.1) is 0 Å². The molecule has 4 nitrogen and oxygen atoms in total.